The van der Waals surface area contributed by atoms with Gasteiger partial charge >= 0.3 is 0 Å². The summed E-state index contributed by atoms with van der Waals surface area (Å²) in [5, 5.41) is 6.04. The third kappa shape index (κ3) is 4.01. The minimum Gasteiger partial charge on any atom is -0.355 e. The predicted octanol–water partition coefficient (Wildman–Crippen LogP) is 4.83. The number of benzene rings is 2. The summed E-state index contributed by atoms with van der Waals surface area (Å²) in [6, 6.07) is 15.1. The first-order valence-corrected chi connectivity index (χ1v) is 7.89. The molecule has 0 saturated heterocycles. The summed E-state index contributed by atoms with van der Waals surface area (Å²) >= 11 is 0. The van der Waals surface area contributed by atoms with Gasteiger partial charge < -0.3 is 10.6 Å². The van der Waals surface area contributed by atoms with E-state index in [9.17, 15) is 9.18 Å². The summed E-state index contributed by atoms with van der Waals surface area (Å²) in [7, 11) is 0. The molecular weight excluding hydrogens is 317 g/mol. The van der Waals surface area contributed by atoms with Gasteiger partial charge in [0.05, 0.1) is 0 Å². The molecule has 0 radical (unpaired) electrons. The monoisotopic (exact) mass is 335 g/mol. The van der Waals surface area contributed by atoms with Crippen molar-refractivity contribution in [3.05, 3.63) is 83.4 Å². The first kappa shape index (κ1) is 16.6. The van der Waals surface area contributed by atoms with Crippen LogP contribution in [0.15, 0.2) is 60.8 Å². The fourth-order valence-electron chi connectivity index (χ4n) is 2.52. The van der Waals surface area contributed by atoms with Crippen LogP contribution in [0, 0.1) is 19.7 Å². The van der Waals surface area contributed by atoms with E-state index in [1.54, 1.807) is 18.3 Å². The number of nitrogens with one attached hydrogen (secondary N) is 2. The van der Waals surface area contributed by atoms with E-state index in [2.05, 4.69) is 15.6 Å². The molecule has 1 amide bonds. The van der Waals surface area contributed by atoms with E-state index >= 15 is 0 Å². The van der Waals surface area contributed by atoms with Gasteiger partial charge in [-0.25, -0.2) is 4.39 Å². The number of para-hydroxylation sites is 1. The number of aromatic nitrogens is 1. The molecule has 0 aliphatic rings. The normalized spacial score (nSPS) is 10.4. The van der Waals surface area contributed by atoms with Gasteiger partial charge in [0.2, 0.25) is 0 Å². The van der Waals surface area contributed by atoms with Gasteiger partial charge in [-0.05, 0) is 61.4 Å². The molecule has 0 fully saturated rings. The summed E-state index contributed by atoms with van der Waals surface area (Å²) in [4.78, 5) is 16.5. The number of amides is 1. The van der Waals surface area contributed by atoms with Crippen molar-refractivity contribution in [3.8, 4) is 0 Å². The van der Waals surface area contributed by atoms with Gasteiger partial charge in [0.25, 0.3) is 5.91 Å². The first-order valence-electron chi connectivity index (χ1n) is 7.89. The lowest BCUT2D eigenvalue weighted by molar-refractivity contribution is 0.102. The number of hydrogen-bond acceptors (Lipinski definition) is 3. The SMILES string of the molecule is Cc1cccc(C)c1Nc1ccnc(C(=O)Nc2ccc(F)cc2)c1. The zero-order chi connectivity index (χ0) is 17.8. The molecule has 0 saturated carbocycles. The summed E-state index contributed by atoms with van der Waals surface area (Å²) in [6.45, 7) is 4.05. The van der Waals surface area contributed by atoms with Gasteiger partial charge in [0.1, 0.15) is 11.5 Å². The third-order valence-corrected chi connectivity index (χ3v) is 3.85. The van der Waals surface area contributed by atoms with Gasteiger partial charge in [0.15, 0.2) is 0 Å². The Bertz CT molecular complexity index is 887. The van der Waals surface area contributed by atoms with Gasteiger partial charge in [-0.1, -0.05) is 18.2 Å². The third-order valence-electron chi connectivity index (χ3n) is 3.85. The molecule has 0 bridgehead atoms. The Balaban J connectivity index is 1.79. The van der Waals surface area contributed by atoms with Crippen molar-refractivity contribution in [2.24, 2.45) is 0 Å². The second-order valence-electron chi connectivity index (χ2n) is 5.78. The second kappa shape index (κ2) is 7.13. The molecule has 0 atom stereocenters. The molecule has 126 valence electrons. The average Bonchev–Trinajstić information content (AvgIpc) is 2.60. The van der Waals surface area contributed by atoms with Gasteiger partial charge in [-0.3, -0.25) is 9.78 Å². The van der Waals surface area contributed by atoms with Crippen LogP contribution in [0.4, 0.5) is 21.5 Å². The number of nitrogens with zero attached hydrogens (tertiary/aromatic N) is 1. The lowest BCUT2D eigenvalue weighted by Crippen LogP contribution is -2.13. The van der Waals surface area contributed by atoms with Crippen LogP contribution in [0.1, 0.15) is 21.6 Å². The number of carbonyl (C=O) groups is 1. The largest absolute Gasteiger partial charge is 0.355 e. The zero-order valence-corrected chi connectivity index (χ0v) is 14.0. The van der Waals surface area contributed by atoms with Crippen molar-refractivity contribution in [2.75, 3.05) is 10.6 Å². The fourth-order valence-corrected chi connectivity index (χ4v) is 2.52. The lowest BCUT2D eigenvalue weighted by Gasteiger charge is -2.13. The molecule has 2 aromatic carbocycles. The molecule has 2 N–H and O–H groups in total. The molecular formula is C20H18FN3O. The number of pyridine rings is 1. The molecule has 1 aromatic heterocycles. The Morgan fingerprint density at radius 1 is 0.960 bits per heavy atom. The molecule has 4 nitrogen and oxygen atoms in total. The standard InChI is InChI=1S/C20H18FN3O/c1-13-4-3-5-14(2)19(13)23-17-10-11-22-18(12-17)20(25)24-16-8-6-15(21)7-9-16/h3-12H,1-2H3,(H,22,23)(H,24,25). The Morgan fingerprint density at radius 3 is 2.32 bits per heavy atom. The Morgan fingerprint density at radius 2 is 1.64 bits per heavy atom. The van der Waals surface area contributed by atoms with Gasteiger partial charge in [-0.2, -0.15) is 0 Å². The molecule has 5 heteroatoms. The van der Waals surface area contributed by atoms with E-state index in [-0.39, 0.29) is 17.4 Å². The van der Waals surface area contributed by atoms with Crippen molar-refractivity contribution in [1.29, 1.82) is 0 Å². The van der Waals surface area contributed by atoms with Crippen LogP contribution < -0.4 is 10.6 Å². The summed E-state index contributed by atoms with van der Waals surface area (Å²) in [5.41, 5.74) is 4.82. The van der Waals surface area contributed by atoms with Crippen molar-refractivity contribution in [3.63, 3.8) is 0 Å². The highest BCUT2D eigenvalue weighted by Crippen LogP contribution is 2.24. The highest BCUT2D eigenvalue weighted by Gasteiger charge is 2.10. The van der Waals surface area contributed by atoms with E-state index in [0.29, 0.717) is 5.69 Å². The van der Waals surface area contributed by atoms with Crippen LogP contribution in [0.2, 0.25) is 0 Å². The molecule has 0 unspecified atom stereocenters. The van der Waals surface area contributed by atoms with Crippen LogP contribution in [-0.4, -0.2) is 10.9 Å². The minimum atomic E-state index is -0.351. The van der Waals surface area contributed by atoms with Crippen LogP contribution in [0.5, 0.6) is 0 Å². The number of aryl methyl sites for hydroxylation is 2. The number of anilines is 3. The van der Waals surface area contributed by atoms with E-state index in [1.807, 2.05) is 32.0 Å². The smallest absolute Gasteiger partial charge is 0.274 e. The maximum absolute atomic E-state index is 12.9. The summed E-state index contributed by atoms with van der Waals surface area (Å²) in [6.07, 6.45) is 1.58. The highest BCUT2D eigenvalue weighted by atomic mass is 19.1. The molecule has 3 rings (SSSR count). The van der Waals surface area contributed by atoms with Gasteiger partial charge in [-0.15, -0.1) is 0 Å². The fraction of sp³-hybridized carbons (Fsp3) is 0.100. The van der Waals surface area contributed by atoms with E-state index < -0.39 is 0 Å². The van der Waals surface area contributed by atoms with E-state index in [0.717, 1.165) is 22.5 Å². The Labute approximate surface area is 145 Å². The first-order chi connectivity index (χ1) is 12.0. The number of hydrogen-bond donors (Lipinski definition) is 2. The predicted molar refractivity (Wildman–Crippen MR) is 97.8 cm³/mol. The highest BCUT2D eigenvalue weighted by molar-refractivity contribution is 6.03. The molecule has 3 aromatic rings. The van der Waals surface area contributed by atoms with Crippen molar-refractivity contribution < 1.29 is 9.18 Å². The summed E-state index contributed by atoms with van der Waals surface area (Å²) < 4.78 is 12.9. The van der Waals surface area contributed by atoms with Crippen LogP contribution >= 0.6 is 0 Å². The zero-order valence-electron chi connectivity index (χ0n) is 14.0. The minimum absolute atomic E-state index is 0.278. The van der Waals surface area contributed by atoms with Gasteiger partial charge in [0, 0.05) is 23.3 Å². The lowest BCUT2D eigenvalue weighted by atomic mass is 10.1. The molecule has 25 heavy (non-hydrogen) atoms. The second-order valence-corrected chi connectivity index (χ2v) is 5.78. The Hall–Kier alpha value is -3.21. The van der Waals surface area contributed by atoms with E-state index in [4.69, 9.17) is 0 Å². The summed E-state index contributed by atoms with van der Waals surface area (Å²) in [5.74, 6) is -0.701. The maximum Gasteiger partial charge on any atom is 0.274 e. The molecule has 1 heterocycles. The van der Waals surface area contributed by atoms with E-state index in [1.165, 1.54) is 24.3 Å². The van der Waals surface area contributed by atoms with Crippen molar-refractivity contribution >= 4 is 23.0 Å². The number of carbonyl (C=O) groups excluding carboxylic acids is 1. The number of rotatable bonds is 4. The average molecular weight is 335 g/mol. The maximum atomic E-state index is 12.9. The quantitative estimate of drug-likeness (QED) is 0.718. The van der Waals surface area contributed by atoms with Crippen LogP contribution in [0.25, 0.3) is 0 Å². The topological polar surface area (TPSA) is 54.0 Å². The molecule has 0 aliphatic heterocycles. The van der Waals surface area contributed by atoms with Crippen molar-refractivity contribution in [1.82, 2.24) is 4.98 Å². The van der Waals surface area contributed by atoms with Crippen molar-refractivity contribution in [2.45, 2.75) is 13.8 Å². The van der Waals surface area contributed by atoms with Crippen LogP contribution in [-0.2, 0) is 0 Å². The number of halogens is 1. The molecule has 0 spiro atoms. The Kier molecular flexibility index (Phi) is 4.75. The molecule has 0 aliphatic carbocycles. The van der Waals surface area contributed by atoms with Crippen LogP contribution in [0.3, 0.4) is 0 Å².